The summed E-state index contributed by atoms with van der Waals surface area (Å²) in [6.07, 6.45) is 0.584. The molecule has 0 bridgehead atoms. The fraction of sp³-hybridized carbons (Fsp3) is 0.417. The van der Waals surface area contributed by atoms with Crippen molar-refractivity contribution < 1.29 is 4.79 Å². The van der Waals surface area contributed by atoms with Crippen LogP contribution in [-0.4, -0.2) is 37.5 Å². The molecule has 4 heteroatoms. The molecule has 4 nitrogen and oxygen atoms in total. The molecule has 0 spiro atoms. The van der Waals surface area contributed by atoms with Gasteiger partial charge in [0.15, 0.2) is 0 Å². The number of carbonyl (C=O) groups excluding carboxylic acids is 1. The first-order valence-electron chi connectivity index (χ1n) is 5.51. The van der Waals surface area contributed by atoms with Crippen LogP contribution >= 0.6 is 0 Å². The van der Waals surface area contributed by atoms with E-state index in [0.717, 1.165) is 31.0 Å². The van der Waals surface area contributed by atoms with E-state index >= 15 is 0 Å². The molecule has 2 rings (SSSR count). The Morgan fingerprint density at radius 2 is 1.81 bits per heavy atom. The van der Waals surface area contributed by atoms with Crippen LogP contribution in [0.4, 0.5) is 11.4 Å². The molecule has 0 saturated carbocycles. The highest BCUT2D eigenvalue weighted by molar-refractivity contribution is 5.93. The molecule has 1 aromatic rings. The molecular weight excluding hydrogens is 202 g/mol. The molecule has 0 aliphatic carbocycles. The van der Waals surface area contributed by atoms with Crippen LogP contribution in [0.2, 0.25) is 0 Å². The first kappa shape index (κ1) is 11.0. The fourth-order valence-corrected chi connectivity index (χ4v) is 1.86. The van der Waals surface area contributed by atoms with Gasteiger partial charge in [0, 0.05) is 37.4 Å². The van der Waals surface area contributed by atoms with Gasteiger partial charge in [0.25, 0.3) is 0 Å². The Balaban J connectivity index is 2.18. The van der Waals surface area contributed by atoms with Crippen molar-refractivity contribution in [1.29, 1.82) is 0 Å². The maximum absolute atomic E-state index is 11.9. The number of anilines is 2. The first-order chi connectivity index (χ1) is 7.66. The SMILES string of the molecule is CN1CCC(=O)N(c2ccc(N)cc2)CC1. The van der Waals surface area contributed by atoms with Crippen LogP contribution < -0.4 is 10.6 Å². The zero-order chi connectivity index (χ0) is 11.5. The zero-order valence-corrected chi connectivity index (χ0v) is 9.52. The Hall–Kier alpha value is -1.55. The third kappa shape index (κ3) is 2.33. The lowest BCUT2D eigenvalue weighted by Crippen LogP contribution is -2.32. The molecule has 1 heterocycles. The highest BCUT2D eigenvalue weighted by atomic mass is 16.2. The lowest BCUT2D eigenvalue weighted by Gasteiger charge is -2.20. The molecule has 1 saturated heterocycles. The van der Waals surface area contributed by atoms with E-state index in [-0.39, 0.29) is 5.91 Å². The van der Waals surface area contributed by atoms with Gasteiger partial charge in [-0.25, -0.2) is 0 Å². The summed E-state index contributed by atoms with van der Waals surface area (Å²) in [5.41, 5.74) is 7.30. The number of nitrogens with zero attached hydrogens (tertiary/aromatic N) is 2. The summed E-state index contributed by atoms with van der Waals surface area (Å²) in [5, 5.41) is 0. The van der Waals surface area contributed by atoms with Gasteiger partial charge in [-0.15, -0.1) is 0 Å². The van der Waals surface area contributed by atoms with Crippen LogP contribution in [0.5, 0.6) is 0 Å². The second-order valence-corrected chi connectivity index (χ2v) is 4.19. The van der Waals surface area contributed by atoms with E-state index in [2.05, 4.69) is 4.90 Å². The van der Waals surface area contributed by atoms with Crippen molar-refractivity contribution in [1.82, 2.24) is 4.90 Å². The Morgan fingerprint density at radius 3 is 2.50 bits per heavy atom. The average Bonchev–Trinajstić information content (AvgIpc) is 2.44. The Kier molecular flexibility index (Phi) is 3.10. The van der Waals surface area contributed by atoms with Crippen molar-refractivity contribution >= 4 is 17.3 Å². The molecule has 1 aromatic carbocycles. The molecule has 1 amide bonds. The van der Waals surface area contributed by atoms with Gasteiger partial charge in [-0.3, -0.25) is 4.79 Å². The molecule has 16 heavy (non-hydrogen) atoms. The topological polar surface area (TPSA) is 49.6 Å². The molecule has 0 unspecified atom stereocenters. The van der Waals surface area contributed by atoms with Gasteiger partial charge in [-0.2, -0.15) is 0 Å². The molecule has 0 radical (unpaired) electrons. The molecule has 1 fully saturated rings. The van der Waals surface area contributed by atoms with Gasteiger partial charge in [0.2, 0.25) is 5.91 Å². The van der Waals surface area contributed by atoms with E-state index in [0.29, 0.717) is 6.42 Å². The van der Waals surface area contributed by atoms with Gasteiger partial charge >= 0.3 is 0 Å². The summed E-state index contributed by atoms with van der Waals surface area (Å²) in [5.74, 6) is 0.189. The van der Waals surface area contributed by atoms with Crippen molar-refractivity contribution in [3.8, 4) is 0 Å². The number of rotatable bonds is 1. The highest BCUT2D eigenvalue weighted by Gasteiger charge is 2.19. The summed E-state index contributed by atoms with van der Waals surface area (Å²) in [4.78, 5) is 15.9. The second kappa shape index (κ2) is 4.53. The molecule has 0 atom stereocenters. The minimum atomic E-state index is 0.189. The number of hydrogen-bond acceptors (Lipinski definition) is 3. The number of hydrogen-bond donors (Lipinski definition) is 1. The smallest absolute Gasteiger partial charge is 0.228 e. The molecule has 86 valence electrons. The van der Waals surface area contributed by atoms with Crippen LogP contribution in [0, 0.1) is 0 Å². The second-order valence-electron chi connectivity index (χ2n) is 4.19. The summed E-state index contributed by atoms with van der Waals surface area (Å²) in [6.45, 7) is 2.50. The summed E-state index contributed by atoms with van der Waals surface area (Å²) in [7, 11) is 2.04. The van der Waals surface area contributed by atoms with E-state index in [4.69, 9.17) is 5.73 Å². The van der Waals surface area contributed by atoms with E-state index in [9.17, 15) is 4.79 Å². The van der Waals surface area contributed by atoms with Gasteiger partial charge in [-0.1, -0.05) is 0 Å². The van der Waals surface area contributed by atoms with Gasteiger partial charge < -0.3 is 15.5 Å². The van der Waals surface area contributed by atoms with Crippen LogP contribution in [0.15, 0.2) is 24.3 Å². The van der Waals surface area contributed by atoms with E-state index in [1.165, 1.54) is 0 Å². The summed E-state index contributed by atoms with van der Waals surface area (Å²) < 4.78 is 0. The lowest BCUT2D eigenvalue weighted by molar-refractivity contribution is -0.118. The molecule has 0 aromatic heterocycles. The maximum atomic E-state index is 11.9. The third-order valence-electron chi connectivity index (χ3n) is 2.92. The maximum Gasteiger partial charge on any atom is 0.228 e. The lowest BCUT2D eigenvalue weighted by atomic mass is 10.2. The zero-order valence-electron chi connectivity index (χ0n) is 9.52. The minimum Gasteiger partial charge on any atom is -0.399 e. The Labute approximate surface area is 95.6 Å². The van der Waals surface area contributed by atoms with E-state index in [1.54, 1.807) is 0 Å². The van der Waals surface area contributed by atoms with E-state index in [1.807, 2.05) is 36.2 Å². The van der Waals surface area contributed by atoms with Crippen LogP contribution in [-0.2, 0) is 4.79 Å². The normalized spacial score (nSPS) is 18.6. The number of benzene rings is 1. The third-order valence-corrected chi connectivity index (χ3v) is 2.92. The van der Waals surface area contributed by atoms with Crippen molar-refractivity contribution in [2.24, 2.45) is 0 Å². The Morgan fingerprint density at radius 1 is 1.12 bits per heavy atom. The Bertz CT molecular complexity index is 374. The van der Waals surface area contributed by atoms with Crippen molar-refractivity contribution in [3.63, 3.8) is 0 Å². The minimum absolute atomic E-state index is 0.189. The quantitative estimate of drug-likeness (QED) is 0.715. The molecule has 1 aliphatic heterocycles. The predicted octanol–water partition coefficient (Wildman–Crippen LogP) is 0.937. The standard InChI is InChI=1S/C12H17N3O/c1-14-7-6-12(16)15(9-8-14)11-4-2-10(13)3-5-11/h2-5H,6-9,13H2,1H3. The van der Waals surface area contributed by atoms with Crippen LogP contribution in [0.1, 0.15) is 6.42 Å². The number of likely N-dealkylation sites (N-methyl/N-ethyl adjacent to an activating group) is 1. The number of carbonyl (C=O) groups is 1. The number of nitrogens with two attached hydrogens (primary N) is 1. The van der Waals surface area contributed by atoms with Crippen LogP contribution in [0.3, 0.4) is 0 Å². The predicted molar refractivity (Wildman–Crippen MR) is 65.3 cm³/mol. The highest BCUT2D eigenvalue weighted by Crippen LogP contribution is 2.18. The molecular formula is C12H17N3O. The van der Waals surface area contributed by atoms with E-state index < -0.39 is 0 Å². The van der Waals surface area contributed by atoms with Crippen molar-refractivity contribution in [2.45, 2.75) is 6.42 Å². The average molecular weight is 219 g/mol. The van der Waals surface area contributed by atoms with Crippen molar-refractivity contribution in [2.75, 3.05) is 37.3 Å². The monoisotopic (exact) mass is 219 g/mol. The fourth-order valence-electron chi connectivity index (χ4n) is 1.86. The van der Waals surface area contributed by atoms with Gasteiger partial charge in [-0.05, 0) is 31.3 Å². The number of amides is 1. The van der Waals surface area contributed by atoms with Crippen molar-refractivity contribution in [3.05, 3.63) is 24.3 Å². The largest absolute Gasteiger partial charge is 0.399 e. The summed E-state index contributed by atoms with van der Waals surface area (Å²) >= 11 is 0. The summed E-state index contributed by atoms with van der Waals surface area (Å²) in [6, 6.07) is 7.46. The molecule has 1 aliphatic rings. The molecule has 2 N–H and O–H groups in total. The van der Waals surface area contributed by atoms with Gasteiger partial charge in [0.05, 0.1) is 0 Å². The first-order valence-corrected chi connectivity index (χ1v) is 5.51. The number of nitrogen functional groups attached to an aromatic ring is 1. The van der Waals surface area contributed by atoms with Crippen LogP contribution in [0.25, 0.3) is 0 Å². The van der Waals surface area contributed by atoms with Gasteiger partial charge in [0.1, 0.15) is 0 Å².